The molecule has 1 aliphatic heterocycles. The van der Waals surface area contributed by atoms with Crippen molar-refractivity contribution in [3.8, 4) is 0 Å². The van der Waals surface area contributed by atoms with Crippen LogP contribution in [-0.4, -0.2) is 47.1 Å². The van der Waals surface area contributed by atoms with Crippen molar-refractivity contribution >= 4 is 17.7 Å². The molecule has 1 fully saturated rings. The lowest BCUT2D eigenvalue weighted by molar-refractivity contribution is -0.127. The van der Waals surface area contributed by atoms with E-state index in [2.05, 4.69) is 10.2 Å². The zero-order valence-corrected chi connectivity index (χ0v) is 14.2. The molecular formula is C18H22N2O3S. The lowest BCUT2D eigenvalue weighted by Gasteiger charge is -2.33. The molecule has 1 aromatic heterocycles. The number of carbonyl (C=O) groups is 1. The molecule has 6 heteroatoms. The maximum atomic E-state index is 12.8. The summed E-state index contributed by atoms with van der Waals surface area (Å²) in [4.78, 5) is 15.0. The molecule has 0 spiro atoms. The molecule has 1 aliphatic rings. The fourth-order valence-electron chi connectivity index (χ4n) is 2.87. The molecule has 24 heavy (non-hydrogen) atoms. The summed E-state index contributed by atoms with van der Waals surface area (Å²) in [6, 6.07) is 12.9. The summed E-state index contributed by atoms with van der Waals surface area (Å²) in [7, 11) is 0. The number of rotatable bonds is 6. The van der Waals surface area contributed by atoms with Gasteiger partial charge in [0, 0.05) is 24.6 Å². The van der Waals surface area contributed by atoms with Gasteiger partial charge in [-0.25, -0.2) is 0 Å². The Kier molecular flexibility index (Phi) is 5.96. The number of aliphatic hydroxyl groups excluding tert-OH is 1. The minimum Gasteiger partial charge on any atom is -0.467 e. The van der Waals surface area contributed by atoms with E-state index in [0.717, 1.165) is 30.2 Å². The third kappa shape index (κ3) is 4.20. The van der Waals surface area contributed by atoms with Crippen molar-refractivity contribution in [3.05, 3.63) is 60.1 Å². The second-order valence-electron chi connectivity index (χ2n) is 5.74. The molecule has 5 nitrogen and oxygen atoms in total. The summed E-state index contributed by atoms with van der Waals surface area (Å²) in [5.41, 5.74) is 0.981. The molecule has 0 bridgehead atoms. The number of hydrogen-bond donors (Lipinski definition) is 2. The number of thioether (sulfide) groups is 1. The first-order valence-corrected chi connectivity index (χ1v) is 9.27. The Morgan fingerprint density at radius 2 is 1.96 bits per heavy atom. The van der Waals surface area contributed by atoms with Gasteiger partial charge in [-0.2, -0.15) is 11.8 Å². The third-order valence-electron chi connectivity index (χ3n) is 4.12. The SMILES string of the molecule is O=C(NCC(O)c1ccco1)C(c1ccccc1)N1CCSCC1. The average molecular weight is 346 g/mol. The Bertz CT molecular complexity index is 627. The number of hydrogen-bond acceptors (Lipinski definition) is 5. The van der Waals surface area contributed by atoms with Gasteiger partial charge in [0.05, 0.1) is 12.8 Å². The highest BCUT2D eigenvalue weighted by molar-refractivity contribution is 7.99. The van der Waals surface area contributed by atoms with Gasteiger partial charge in [-0.3, -0.25) is 9.69 Å². The smallest absolute Gasteiger partial charge is 0.242 e. The number of aliphatic hydroxyl groups is 1. The highest BCUT2D eigenvalue weighted by Crippen LogP contribution is 2.24. The van der Waals surface area contributed by atoms with E-state index in [1.54, 1.807) is 12.1 Å². The lowest BCUT2D eigenvalue weighted by atomic mass is 10.0. The van der Waals surface area contributed by atoms with Gasteiger partial charge in [0.1, 0.15) is 17.9 Å². The molecule has 2 N–H and O–H groups in total. The van der Waals surface area contributed by atoms with Crippen LogP contribution in [0.2, 0.25) is 0 Å². The van der Waals surface area contributed by atoms with E-state index < -0.39 is 6.10 Å². The molecule has 2 atom stereocenters. The van der Waals surface area contributed by atoms with Gasteiger partial charge in [0.2, 0.25) is 5.91 Å². The second-order valence-corrected chi connectivity index (χ2v) is 6.96. The second kappa shape index (κ2) is 8.37. The van der Waals surface area contributed by atoms with Crippen molar-refractivity contribution in [1.29, 1.82) is 0 Å². The summed E-state index contributed by atoms with van der Waals surface area (Å²) < 4.78 is 5.17. The van der Waals surface area contributed by atoms with Crippen LogP contribution in [0.4, 0.5) is 0 Å². The molecule has 2 heterocycles. The molecule has 1 aromatic carbocycles. The minimum atomic E-state index is -0.836. The molecular weight excluding hydrogens is 324 g/mol. The van der Waals surface area contributed by atoms with E-state index in [4.69, 9.17) is 4.42 Å². The quantitative estimate of drug-likeness (QED) is 0.840. The van der Waals surface area contributed by atoms with Crippen molar-refractivity contribution in [2.75, 3.05) is 31.1 Å². The van der Waals surface area contributed by atoms with Crippen LogP contribution in [-0.2, 0) is 4.79 Å². The molecule has 0 saturated carbocycles. The number of amides is 1. The highest BCUT2D eigenvalue weighted by atomic mass is 32.2. The first-order chi connectivity index (χ1) is 11.8. The number of nitrogens with zero attached hydrogens (tertiary/aromatic N) is 1. The van der Waals surface area contributed by atoms with E-state index in [1.165, 1.54) is 6.26 Å². The fraction of sp³-hybridized carbons (Fsp3) is 0.389. The summed E-state index contributed by atoms with van der Waals surface area (Å²) in [5.74, 6) is 2.44. The van der Waals surface area contributed by atoms with E-state index >= 15 is 0 Å². The van der Waals surface area contributed by atoms with Gasteiger partial charge < -0.3 is 14.8 Å². The van der Waals surface area contributed by atoms with E-state index in [0.29, 0.717) is 5.76 Å². The summed E-state index contributed by atoms with van der Waals surface area (Å²) >= 11 is 1.91. The lowest BCUT2D eigenvalue weighted by Crippen LogP contribution is -2.45. The van der Waals surface area contributed by atoms with Crippen LogP contribution in [0.15, 0.2) is 53.1 Å². The summed E-state index contributed by atoms with van der Waals surface area (Å²) in [6.45, 7) is 1.91. The molecule has 0 radical (unpaired) electrons. The summed E-state index contributed by atoms with van der Waals surface area (Å²) in [6.07, 6.45) is 0.677. The van der Waals surface area contributed by atoms with E-state index in [9.17, 15) is 9.90 Å². The first-order valence-electron chi connectivity index (χ1n) is 8.11. The highest BCUT2D eigenvalue weighted by Gasteiger charge is 2.29. The summed E-state index contributed by atoms with van der Waals surface area (Å²) in [5, 5.41) is 13.0. The molecule has 1 amide bonds. The Morgan fingerprint density at radius 3 is 2.62 bits per heavy atom. The van der Waals surface area contributed by atoms with Crippen LogP contribution in [0.5, 0.6) is 0 Å². The molecule has 0 aliphatic carbocycles. The van der Waals surface area contributed by atoms with Gasteiger partial charge in [-0.1, -0.05) is 30.3 Å². The zero-order chi connectivity index (χ0) is 16.8. The van der Waals surface area contributed by atoms with Gasteiger partial charge in [0.25, 0.3) is 0 Å². The van der Waals surface area contributed by atoms with Crippen LogP contribution >= 0.6 is 11.8 Å². The van der Waals surface area contributed by atoms with Crippen LogP contribution in [0.1, 0.15) is 23.5 Å². The average Bonchev–Trinajstić information content (AvgIpc) is 3.16. The monoisotopic (exact) mass is 346 g/mol. The largest absolute Gasteiger partial charge is 0.467 e. The van der Waals surface area contributed by atoms with Crippen LogP contribution in [0, 0.1) is 0 Å². The van der Waals surface area contributed by atoms with Gasteiger partial charge in [0.15, 0.2) is 0 Å². The van der Waals surface area contributed by atoms with Gasteiger partial charge in [-0.15, -0.1) is 0 Å². The van der Waals surface area contributed by atoms with E-state index in [-0.39, 0.29) is 18.5 Å². The predicted molar refractivity (Wildman–Crippen MR) is 94.8 cm³/mol. The van der Waals surface area contributed by atoms with Crippen molar-refractivity contribution in [1.82, 2.24) is 10.2 Å². The van der Waals surface area contributed by atoms with Crippen molar-refractivity contribution < 1.29 is 14.3 Å². The van der Waals surface area contributed by atoms with Crippen molar-refractivity contribution in [3.63, 3.8) is 0 Å². The standard InChI is InChI=1S/C18H22N2O3S/c21-15(16-7-4-10-23-16)13-19-18(22)17(14-5-2-1-3-6-14)20-8-11-24-12-9-20/h1-7,10,15,17,21H,8-9,11-13H2,(H,19,22). The molecule has 2 aromatic rings. The molecule has 128 valence electrons. The van der Waals surface area contributed by atoms with Crippen LogP contribution in [0.25, 0.3) is 0 Å². The topological polar surface area (TPSA) is 65.7 Å². The van der Waals surface area contributed by atoms with Crippen molar-refractivity contribution in [2.45, 2.75) is 12.1 Å². The number of benzene rings is 1. The maximum absolute atomic E-state index is 12.8. The van der Waals surface area contributed by atoms with Crippen molar-refractivity contribution in [2.24, 2.45) is 0 Å². The fourth-order valence-corrected chi connectivity index (χ4v) is 3.81. The Hall–Kier alpha value is -1.76. The zero-order valence-electron chi connectivity index (χ0n) is 13.4. The van der Waals surface area contributed by atoms with Crippen LogP contribution in [0.3, 0.4) is 0 Å². The van der Waals surface area contributed by atoms with Gasteiger partial charge >= 0.3 is 0 Å². The molecule has 3 rings (SSSR count). The minimum absolute atomic E-state index is 0.0845. The molecule has 2 unspecified atom stereocenters. The van der Waals surface area contributed by atoms with Gasteiger partial charge in [-0.05, 0) is 17.7 Å². The predicted octanol–water partition coefficient (Wildman–Crippen LogP) is 2.22. The Balaban J connectivity index is 1.69. The normalized spacial score (nSPS) is 18.0. The van der Waals surface area contributed by atoms with Crippen LogP contribution < -0.4 is 5.32 Å². The Morgan fingerprint density at radius 1 is 1.21 bits per heavy atom. The Labute approximate surface area is 146 Å². The number of nitrogens with one attached hydrogen (secondary N) is 1. The third-order valence-corrected chi connectivity index (χ3v) is 5.06. The number of furan rings is 1. The molecule has 1 saturated heterocycles. The maximum Gasteiger partial charge on any atom is 0.242 e. The first kappa shape index (κ1) is 17.1. The number of carbonyl (C=O) groups excluding carboxylic acids is 1. The van der Waals surface area contributed by atoms with E-state index in [1.807, 2.05) is 42.1 Å².